The molecule has 0 aliphatic carbocycles. The van der Waals surface area contributed by atoms with Gasteiger partial charge in [0.25, 0.3) is 0 Å². The van der Waals surface area contributed by atoms with Gasteiger partial charge < -0.3 is 24.7 Å². The van der Waals surface area contributed by atoms with Gasteiger partial charge in [-0.15, -0.1) is 0 Å². The summed E-state index contributed by atoms with van der Waals surface area (Å²) < 4.78 is 25.8. The Kier molecular flexibility index (Phi) is 9.30. The highest BCUT2D eigenvalue weighted by Crippen LogP contribution is 2.35. The van der Waals surface area contributed by atoms with E-state index in [4.69, 9.17) is 24.7 Å². The van der Waals surface area contributed by atoms with Gasteiger partial charge >= 0.3 is 0 Å². The molecule has 0 amide bonds. The molecule has 1 fully saturated rings. The van der Waals surface area contributed by atoms with Crippen LogP contribution >= 0.6 is 0 Å². The molecule has 5 unspecified atom stereocenters. The summed E-state index contributed by atoms with van der Waals surface area (Å²) in [5.74, 6) is 0. The van der Waals surface area contributed by atoms with Crippen molar-refractivity contribution in [3.8, 4) is 0 Å². The van der Waals surface area contributed by atoms with Gasteiger partial charge in [-0.1, -0.05) is 112 Å². The molecular formula is C31H39NO4. The first-order valence-corrected chi connectivity index (χ1v) is 12.8. The van der Waals surface area contributed by atoms with Crippen LogP contribution in [0.5, 0.6) is 0 Å². The second-order valence-corrected chi connectivity index (χ2v) is 10.6. The van der Waals surface area contributed by atoms with Crippen LogP contribution in [0.1, 0.15) is 37.5 Å². The summed E-state index contributed by atoms with van der Waals surface area (Å²) >= 11 is 0. The predicted octanol–water partition coefficient (Wildman–Crippen LogP) is 5.51. The van der Waals surface area contributed by atoms with Gasteiger partial charge in [0, 0.05) is 0 Å². The number of benzene rings is 3. The van der Waals surface area contributed by atoms with E-state index < -0.39 is 0 Å². The molecule has 5 nitrogen and oxygen atoms in total. The molecule has 0 bridgehead atoms. The van der Waals surface area contributed by atoms with Gasteiger partial charge in [0.2, 0.25) is 0 Å². The Bertz CT molecular complexity index is 1020. The topological polar surface area (TPSA) is 62.9 Å². The normalized spacial score (nSPS) is 24.5. The molecule has 3 aromatic carbocycles. The van der Waals surface area contributed by atoms with Gasteiger partial charge in [0.15, 0.2) is 0 Å². The third kappa shape index (κ3) is 7.25. The lowest BCUT2D eigenvalue weighted by Crippen LogP contribution is -2.66. The van der Waals surface area contributed by atoms with Gasteiger partial charge in [0.1, 0.15) is 18.3 Å². The molecule has 0 aromatic heterocycles. The van der Waals surface area contributed by atoms with Crippen molar-refractivity contribution < 1.29 is 18.9 Å². The highest BCUT2D eigenvalue weighted by atomic mass is 16.6. The van der Waals surface area contributed by atoms with E-state index >= 15 is 0 Å². The molecule has 5 heteroatoms. The second kappa shape index (κ2) is 12.6. The molecule has 0 saturated carbocycles. The van der Waals surface area contributed by atoms with E-state index in [1.54, 1.807) is 0 Å². The molecule has 5 atom stereocenters. The zero-order valence-electron chi connectivity index (χ0n) is 21.6. The van der Waals surface area contributed by atoms with Crippen molar-refractivity contribution >= 4 is 0 Å². The summed E-state index contributed by atoms with van der Waals surface area (Å²) in [4.78, 5) is 0. The molecule has 0 spiro atoms. The lowest BCUT2D eigenvalue weighted by Gasteiger charge is -2.49. The van der Waals surface area contributed by atoms with Crippen LogP contribution in [0, 0.1) is 5.41 Å². The first-order chi connectivity index (χ1) is 17.4. The zero-order chi connectivity index (χ0) is 25.4. The Balaban J connectivity index is 1.54. The molecule has 1 heterocycles. The zero-order valence-corrected chi connectivity index (χ0v) is 21.6. The highest BCUT2D eigenvalue weighted by molar-refractivity contribution is 5.15. The highest BCUT2D eigenvalue weighted by Gasteiger charge is 2.49. The fraction of sp³-hybridized carbons (Fsp3) is 0.419. The van der Waals surface area contributed by atoms with Gasteiger partial charge in [0.05, 0.1) is 38.6 Å². The minimum Gasteiger partial charge on any atom is -0.374 e. The van der Waals surface area contributed by atoms with E-state index in [9.17, 15) is 0 Å². The fourth-order valence-corrected chi connectivity index (χ4v) is 4.68. The Morgan fingerprint density at radius 3 is 1.58 bits per heavy atom. The third-order valence-corrected chi connectivity index (χ3v) is 6.56. The van der Waals surface area contributed by atoms with E-state index in [1.165, 1.54) is 0 Å². The lowest BCUT2D eigenvalue weighted by molar-refractivity contribution is -0.244. The van der Waals surface area contributed by atoms with Crippen molar-refractivity contribution in [1.82, 2.24) is 0 Å². The van der Waals surface area contributed by atoms with E-state index in [0.717, 1.165) is 16.7 Å². The Hall–Kier alpha value is -2.54. The van der Waals surface area contributed by atoms with Crippen LogP contribution in [0.25, 0.3) is 0 Å². The van der Waals surface area contributed by atoms with E-state index in [1.807, 2.05) is 54.6 Å². The molecule has 36 heavy (non-hydrogen) atoms. The predicted molar refractivity (Wildman–Crippen MR) is 142 cm³/mol. The van der Waals surface area contributed by atoms with E-state index in [2.05, 4.69) is 57.2 Å². The van der Waals surface area contributed by atoms with Crippen LogP contribution in [0.2, 0.25) is 0 Å². The molecule has 1 aliphatic heterocycles. The van der Waals surface area contributed by atoms with Crippen molar-refractivity contribution in [3.63, 3.8) is 0 Å². The first kappa shape index (κ1) is 26.5. The summed E-state index contributed by atoms with van der Waals surface area (Å²) in [6, 6.07) is 30.1. The molecule has 1 saturated heterocycles. The van der Waals surface area contributed by atoms with E-state index in [0.29, 0.717) is 26.4 Å². The van der Waals surface area contributed by atoms with Crippen LogP contribution in [0.15, 0.2) is 91.0 Å². The smallest absolute Gasteiger partial charge is 0.114 e. The number of rotatable bonds is 10. The lowest BCUT2D eigenvalue weighted by atomic mass is 9.79. The molecule has 1 aliphatic rings. The number of hydrogen-bond donors (Lipinski definition) is 1. The largest absolute Gasteiger partial charge is 0.374 e. The van der Waals surface area contributed by atoms with Crippen LogP contribution in [0.3, 0.4) is 0 Å². The van der Waals surface area contributed by atoms with Crippen molar-refractivity contribution in [2.45, 2.75) is 71.0 Å². The monoisotopic (exact) mass is 489 g/mol. The van der Waals surface area contributed by atoms with Crippen LogP contribution < -0.4 is 5.73 Å². The molecule has 2 N–H and O–H groups in total. The minimum atomic E-state index is -0.377. The number of hydrogen-bond acceptors (Lipinski definition) is 5. The summed E-state index contributed by atoms with van der Waals surface area (Å²) in [7, 11) is 0. The number of ether oxygens (including phenoxy) is 4. The summed E-state index contributed by atoms with van der Waals surface area (Å²) in [5, 5.41) is 0. The van der Waals surface area contributed by atoms with Gasteiger partial charge in [-0.3, -0.25) is 0 Å². The summed E-state index contributed by atoms with van der Waals surface area (Å²) in [6.45, 7) is 8.25. The SMILES string of the molecule is CC(C)(C)C1OC(COCc2ccccc2)C(OCc2ccccc2)C(OCc2ccccc2)C1N. The maximum atomic E-state index is 6.84. The van der Waals surface area contributed by atoms with Crippen LogP contribution in [-0.2, 0) is 38.8 Å². The average molecular weight is 490 g/mol. The minimum absolute atomic E-state index is 0.171. The molecular weight excluding hydrogens is 450 g/mol. The average Bonchev–Trinajstić information content (AvgIpc) is 2.89. The fourth-order valence-electron chi connectivity index (χ4n) is 4.68. The first-order valence-electron chi connectivity index (χ1n) is 12.8. The maximum absolute atomic E-state index is 6.84. The molecule has 3 aromatic rings. The van der Waals surface area contributed by atoms with Gasteiger partial charge in [-0.05, 0) is 22.1 Å². The summed E-state index contributed by atoms with van der Waals surface area (Å²) in [5.41, 5.74) is 9.99. The van der Waals surface area contributed by atoms with Gasteiger partial charge in [-0.2, -0.15) is 0 Å². The summed E-state index contributed by atoms with van der Waals surface area (Å²) in [6.07, 6.45) is -1.25. The Morgan fingerprint density at radius 1 is 0.667 bits per heavy atom. The molecule has 192 valence electrons. The second-order valence-electron chi connectivity index (χ2n) is 10.6. The number of nitrogens with two attached hydrogens (primary N) is 1. The maximum Gasteiger partial charge on any atom is 0.114 e. The van der Waals surface area contributed by atoms with E-state index in [-0.39, 0.29) is 35.9 Å². The quantitative estimate of drug-likeness (QED) is 0.407. The Morgan fingerprint density at radius 2 is 1.11 bits per heavy atom. The molecule has 0 radical (unpaired) electrons. The third-order valence-electron chi connectivity index (χ3n) is 6.56. The van der Waals surface area contributed by atoms with Crippen LogP contribution in [0.4, 0.5) is 0 Å². The Labute approximate surface area is 215 Å². The van der Waals surface area contributed by atoms with Crippen LogP contribution in [-0.4, -0.2) is 37.1 Å². The van der Waals surface area contributed by atoms with Crippen molar-refractivity contribution in [3.05, 3.63) is 108 Å². The standard InChI is InChI=1S/C31H39NO4/c1-31(2,3)30-27(32)29(35-21-25-17-11-6-12-18-25)28(34-20-24-15-9-5-10-16-24)26(36-30)22-33-19-23-13-7-4-8-14-23/h4-18,26-30H,19-22,32H2,1-3H3. The van der Waals surface area contributed by atoms with Gasteiger partial charge in [-0.25, -0.2) is 0 Å². The molecule has 4 rings (SSSR count). The van der Waals surface area contributed by atoms with Crippen molar-refractivity contribution in [1.29, 1.82) is 0 Å². The van der Waals surface area contributed by atoms with Crippen molar-refractivity contribution in [2.75, 3.05) is 6.61 Å². The van der Waals surface area contributed by atoms with Crippen molar-refractivity contribution in [2.24, 2.45) is 11.1 Å².